The Morgan fingerprint density at radius 2 is 1.47 bits per heavy atom. The summed E-state index contributed by atoms with van der Waals surface area (Å²) in [5.74, 6) is -2.87. The lowest BCUT2D eigenvalue weighted by Gasteiger charge is -2.16. The highest BCUT2D eigenvalue weighted by atomic mass is 32.2. The Bertz CT molecular complexity index is 1160. The molecule has 7 nitrogen and oxygen atoms in total. The number of hydrogen-bond donors (Lipinski definition) is 2. The van der Waals surface area contributed by atoms with Crippen LogP contribution in [0.25, 0.3) is 0 Å². The molecule has 0 aliphatic heterocycles. The molecule has 0 bridgehead atoms. The minimum atomic E-state index is -4.06. The average Bonchev–Trinajstić information content (AvgIpc) is 3.29. The zero-order chi connectivity index (χ0) is 23.1. The first-order valence-corrected chi connectivity index (χ1v) is 11.2. The van der Waals surface area contributed by atoms with Crippen LogP contribution < -0.4 is 10.6 Å². The standard InChI is InChI=1S/C22H20F2N2O5S/c23-16-5-3-15(4-6-16)11-12-25-21(27)22(28)26-14-20(19-2-1-13-31-19)32(29,30)18-9-7-17(24)8-10-18/h1-10,13,20H,11-12,14H2,(H,25,27)(H,26,28). The molecular weight excluding hydrogens is 442 g/mol. The minimum absolute atomic E-state index is 0.0614. The molecule has 0 fully saturated rings. The molecule has 0 radical (unpaired) electrons. The Morgan fingerprint density at radius 1 is 0.875 bits per heavy atom. The van der Waals surface area contributed by atoms with Crippen molar-refractivity contribution in [2.45, 2.75) is 16.6 Å². The molecule has 168 valence electrons. The molecule has 32 heavy (non-hydrogen) atoms. The molecule has 0 saturated heterocycles. The summed E-state index contributed by atoms with van der Waals surface area (Å²) in [6.07, 6.45) is 1.67. The summed E-state index contributed by atoms with van der Waals surface area (Å²) >= 11 is 0. The van der Waals surface area contributed by atoms with Gasteiger partial charge >= 0.3 is 11.8 Å². The maximum atomic E-state index is 13.2. The van der Waals surface area contributed by atoms with E-state index < -0.39 is 39.3 Å². The maximum absolute atomic E-state index is 13.2. The van der Waals surface area contributed by atoms with E-state index in [1.165, 1.54) is 30.5 Å². The topological polar surface area (TPSA) is 105 Å². The fourth-order valence-electron chi connectivity index (χ4n) is 2.94. The Balaban J connectivity index is 1.61. The van der Waals surface area contributed by atoms with E-state index in [4.69, 9.17) is 4.42 Å². The molecule has 2 N–H and O–H groups in total. The number of carbonyl (C=O) groups is 2. The lowest BCUT2D eigenvalue weighted by molar-refractivity contribution is -0.139. The van der Waals surface area contributed by atoms with E-state index in [9.17, 15) is 26.8 Å². The number of sulfone groups is 1. The Morgan fingerprint density at radius 3 is 2.06 bits per heavy atom. The monoisotopic (exact) mass is 462 g/mol. The van der Waals surface area contributed by atoms with Crippen molar-refractivity contribution in [2.24, 2.45) is 0 Å². The predicted octanol–water partition coefficient (Wildman–Crippen LogP) is 2.55. The van der Waals surface area contributed by atoms with Crippen molar-refractivity contribution in [1.82, 2.24) is 10.6 Å². The van der Waals surface area contributed by atoms with Crippen LogP contribution in [0.2, 0.25) is 0 Å². The summed E-state index contributed by atoms with van der Waals surface area (Å²) in [6, 6.07) is 12.9. The van der Waals surface area contributed by atoms with Gasteiger partial charge in [0, 0.05) is 13.1 Å². The number of furan rings is 1. The second kappa shape index (κ2) is 10.2. The molecule has 3 rings (SSSR count). The van der Waals surface area contributed by atoms with Crippen molar-refractivity contribution >= 4 is 21.7 Å². The summed E-state index contributed by atoms with van der Waals surface area (Å²) in [4.78, 5) is 24.1. The predicted molar refractivity (Wildman–Crippen MR) is 111 cm³/mol. The van der Waals surface area contributed by atoms with Gasteiger partial charge in [-0.1, -0.05) is 12.1 Å². The molecule has 1 atom stereocenters. The van der Waals surface area contributed by atoms with Crippen molar-refractivity contribution in [3.8, 4) is 0 Å². The van der Waals surface area contributed by atoms with Crippen LogP contribution in [-0.4, -0.2) is 33.3 Å². The van der Waals surface area contributed by atoms with Crippen LogP contribution in [0.3, 0.4) is 0 Å². The number of halogens is 2. The Hall–Kier alpha value is -3.53. The van der Waals surface area contributed by atoms with Crippen molar-refractivity contribution in [2.75, 3.05) is 13.1 Å². The second-order valence-corrected chi connectivity index (χ2v) is 8.98. The lowest BCUT2D eigenvalue weighted by atomic mass is 10.1. The normalized spacial score (nSPS) is 12.2. The van der Waals surface area contributed by atoms with Crippen LogP contribution in [0, 0.1) is 11.6 Å². The van der Waals surface area contributed by atoms with Gasteiger partial charge in [-0.3, -0.25) is 9.59 Å². The summed E-state index contributed by atoms with van der Waals surface area (Å²) < 4.78 is 57.3. The van der Waals surface area contributed by atoms with E-state index in [1.54, 1.807) is 12.1 Å². The molecule has 0 aliphatic rings. The van der Waals surface area contributed by atoms with Gasteiger partial charge in [-0.2, -0.15) is 0 Å². The van der Waals surface area contributed by atoms with E-state index in [0.29, 0.717) is 6.42 Å². The van der Waals surface area contributed by atoms with Crippen molar-refractivity contribution in [1.29, 1.82) is 0 Å². The smallest absolute Gasteiger partial charge is 0.309 e. The van der Waals surface area contributed by atoms with Crippen LogP contribution in [0.4, 0.5) is 8.78 Å². The minimum Gasteiger partial charge on any atom is -0.468 e. The number of hydrogen-bond acceptors (Lipinski definition) is 5. The maximum Gasteiger partial charge on any atom is 0.309 e. The Kier molecular flexibility index (Phi) is 7.37. The van der Waals surface area contributed by atoms with E-state index in [-0.39, 0.29) is 23.0 Å². The summed E-state index contributed by atoms with van der Waals surface area (Å²) in [5.41, 5.74) is 0.774. The molecule has 0 aliphatic carbocycles. The molecule has 1 aromatic heterocycles. The van der Waals surface area contributed by atoms with E-state index in [2.05, 4.69) is 10.6 Å². The van der Waals surface area contributed by atoms with Crippen LogP contribution >= 0.6 is 0 Å². The van der Waals surface area contributed by atoms with E-state index >= 15 is 0 Å². The SMILES string of the molecule is O=C(NCCc1ccc(F)cc1)C(=O)NCC(c1ccco1)S(=O)(=O)c1ccc(F)cc1. The van der Waals surface area contributed by atoms with Gasteiger partial charge in [0.05, 0.1) is 11.2 Å². The van der Waals surface area contributed by atoms with Crippen molar-refractivity contribution in [3.05, 3.63) is 89.9 Å². The highest BCUT2D eigenvalue weighted by molar-refractivity contribution is 7.91. The van der Waals surface area contributed by atoms with Gasteiger partial charge < -0.3 is 15.1 Å². The first kappa shape index (κ1) is 23.1. The van der Waals surface area contributed by atoms with Gasteiger partial charge in [-0.25, -0.2) is 17.2 Å². The van der Waals surface area contributed by atoms with E-state index in [0.717, 1.165) is 29.8 Å². The third kappa shape index (κ3) is 5.79. The third-order valence-corrected chi connectivity index (χ3v) is 6.72. The van der Waals surface area contributed by atoms with Gasteiger partial charge in [0.1, 0.15) is 22.6 Å². The zero-order valence-corrected chi connectivity index (χ0v) is 17.6. The summed E-state index contributed by atoms with van der Waals surface area (Å²) in [7, 11) is -4.06. The molecule has 0 spiro atoms. The highest BCUT2D eigenvalue weighted by Crippen LogP contribution is 2.29. The number of carbonyl (C=O) groups excluding carboxylic acids is 2. The number of benzene rings is 2. The molecule has 3 aromatic rings. The fourth-order valence-corrected chi connectivity index (χ4v) is 4.53. The molecule has 1 unspecified atom stereocenters. The van der Waals surface area contributed by atoms with Gasteiger partial charge in [0.15, 0.2) is 9.84 Å². The van der Waals surface area contributed by atoms with Crippen molar-refractivity contribution in [3.63, 3.8) is 0 Å². The van der Waals surface area contributed by atoms with Gasteiger partial charge in [0.2, 0.25) is 0 Å². The third-order valence-electron chi connectivity index (χ3n) is 4.64. The average molecular weight is 462 g/mol. The largest absolute Gasteiger partial charge is 0.468 e. The summed E-state index contributed by atoms with van der Waals surface area (Å²) in [6.45, 7) is -0.301. The van der Waals surface area contributed by atoms with Crippen LogP contribution in [0.1, 0.15) is 16.6 Å². The molecular formula is C22H20F2N2O5S. The number of amides is 2. The Labute approximate surface area is 183 Å². The second-order valence-electron chi connectivity index (χ2n) is 6.85. The van der Waals surface area contributed by atoms with Gasteiger partial charge in [-0.15, -0.1) is 0 Å². The number of nitrogens with one attached hydrogen (secondary N) is 2. The summed E-state index contributed by atoms with van der Waals surface area (Å²) in [5, 5.41) is 3.40. The van der Waals surface area contributed by atoms with Crippen LogP contribution in [0.5, 0.6) is 0 Å². The molecule has 10 heteroatoms. The molecule has 2 amide bonds. The van der Waals surface area contributed by atoms with E-state index in [1.807, 2.05) is 0 Å². The van der Waals surface area contributed by atoms with Gasteiger partial charge in [0.25, 0.3) is 0 Å². The molecule has 2 aromatic carbocycles. The zero-order valence-electron chi connectivity index (χ0n) is 16.8. The highest BCUT2D eigenvalue weighted by Gasteiger charge is 2.32. The van der Waals surface area contributed by atoms with Crippen LogP contribution in [0.15, 0.2) is 76.2 Å². The van der Waals surface area contributed by atoms with Crippen molar-refractivity contribution < 1.29 is 31.2 Å². The molecule has 0 saturated carbocycles. The lowest BCUT2D eigenvalue weighted by Crippen LogP contribution is -2.42. The fraction of sp³-hybridized carbons (Fsp3) is 0.182. The number of rotatable bonds is 8. The molecule has 1 heterocycles. The first-order valence-electron chi connectivity index (χ1n) is 9.60. The first-order chi connectivity index (χ1) is 15.3. The van der Waals surface area contributed by atoms with Crippen LogP contribution in [-0.2, 0) is 25.8 Å². The quantitative estimate of drug-likeness (QED) is 0.395. The van der Waals surface area contributed by atoms with Gasteiger partial charge in [-0.05, 0) is 60.5 Å².